The molecule has 2 atom stereocenters. The van der Waals surface area contributed by atoms with Crippen LogP contribution in [0, 0.1) is 6.92 Å². The van der Waals surface area contributed by atoms with Crippen molar-refractivity contribution >= 4 is 46.1 Å². The van der Waals surface area contributed by atoms with Crippen molar-refractivity contribution in [3.63, 3.8) is 0 Å². The van der Waals surface area contributed by atoms with Crippen molar-refractivity contribution in [2.75, 3.05) is 0 Å². The summed E-state index contributed by atoms with van der Waals surface area (Å²) < 4.78 is 6.10. The minimum absolute atomic E-state index is 0.0217. The first-order chi connectivity index (χ1) is 17.9. The van der Waals surface area contributed by atoms with Crippen molar-refractivity contribution in [2.24, 2.45) is 0 Å². The Labute approximate surface area is 226 Å². The first kappa shape index (κ1) is 25.0. The van der Waals surface area contributed by atoms with Crippen LogP contribution in [0.3, 0.4) is 0 Å². The molecular weight excluding hydrogens is 503 g/mol. The highest BCUT2D eigenvalue weighted by atomic mass is 35.5. The van der Waals surface area contributed by atoms with Crippen molar-refractivity contribution in [2.45, 2.75) is 25.4 Å². The Morgan fingerprint density at radius 1 is 0.811 bits per heavy atom. The monoisotopic (exact) mass is 526 g/mol. The van der Waals surface area contributed by atoms with Gasteiger partial charge >= 0.3 is 5.97 Å². The van der Waals surface area contributed by atoms with E-state index in [0.29, 0.717) is 26.8 Å². The van der Waals surface area contributed by atoms with Gasteiger partial charge in [-0.2, -0.15) is 0 Å². The summed E-state index contributed by atoms with van der Waals surface area (Å²) in [5, 5.41) is 0.799. The van der Waals surface area contributed by atoms with Crippen LogP contribution >= 0.6 is 23.2 Å². The van der Waals surface area contributed by atoms with Gasteiger partial charge in [0.25, 0.3) is 0 Å². The standard InChI is InChI=1S/C32H24Cl2O3/c1-20-12-14-22(15-13-20)28(35)19-25(21-8-4-2-5-9-21)31-29(24-16-17-26(33)27(34)18-24)30(32(36)37-31)23-10-6-3-7-11-23/h2-18,25,31H,19H2,1H3/t25-,31-/m0/s1. The van der Waals surface area contributed by atoms with Crippen molar-refractivity contribution < 1.29 is 14.3 Å². The summed E-state index contributed by atoms with van der Waals surface area (Å²) in [6.07, 6.45) is -0.533. The number of carbonyl (C=O) groups excluding carboxylic acids is 2. The first-order valence-electron chi connectivity index (χ1n) is 12.0. The molecule has 1 heterocycles. The molecule has 0 fully saturated rings. The molecule has 4 aromatic rings. The fourth-order valence-electron chi connectivity index (χ4n) is 4.78. The average Bonchev–Trinajstić information content (AvgIpc) is 3.26. The highest BCUT2D eigenvalue weighted by molar-refractivity contribution is 6.42. The fraction of sp³-hybridized carbons (Fsp3) is 0.125. The lowest BCUT2D eigenvalue weighted by Crippen LogP contribution is -2.24. The quantitative estimate of drug-likeness (QED) is 0.180. The molecule has 0 saturated carbocycles. The minimum atomic E-state index is -0.697. The lowest BCUT2D eigenvalue weighted by atomic mass is 9.81. The van der Waals surface area contributed by atoms with E-state index in [2.05, 4.69) is 0 Å². The zero-order valence-corrected chi connectivity index (χ0v) is 21.7. The largest absolute Gasteiger partial charge is 0.453 e. The number of rotatable bonds is 7. The second kappa shape index (κ2) is 10.8. The van der Waals surface area contributed by atoms with E-state index in [0.717, 1.165) is 22.3 Å². The number of ether oxygens (including phenoxy) is 1. The third-order valence-electron chi connectivity index (χ3n) is 6.66. The molecule has 0 spiro atoms. The van der Waals surface area contributed by atoms with Gasteiger partial charge in [-0.25, -0.2) is 4.79 Å². The molecule has 5 heteroatoms. The number of cyclic esters (lactones) is 1. The van der Waals surface area contributed by atoms with E-state index in [1.165, 1.54) is 0 Å². The van der Waals surface area contributed by atoms with E-state index in [-0.39, 0.29) is 12.2 Å². The predicted octanol–water partition coefficient (Wildman–Crippen LogP) is 8.19. The molecule has 0 N–H and O–H groups in total. The van der Waals surface area contributed by atoms with Crippen molar-refractivity contribution in [1.82, 2.24) is 0 Å². The maximum Gasteiger partial charge on any atom is 0.339 e. The summed E-state index contributed by atoms with van der Waals surface area (Å²) >= 11 is 12.6. The van der Waals surface area contributed by atoms with E-state index in [1.54, 1.807) is 12.1 Å². The topological polar surface area (TPSA) is 43.4 Å². The Morgan fingerprint density at radius 3 is 2.11 bits per heavy atom. The number of hydrogen-bond acceptors (Lipinski definition) is 3. The van der Waals surface area contributed by atoms with Crippen LogP contribution in [0.25, 0.3) is 11.1 Å². The Kier molecular flexibility index (Phi) is 7.27. The second-order valence-corrected chi connectivity index (χ2v) is 9.93. The lowest BCUT2D eigenvalue weighted by molar-refractivity contribution is -0.138. The van der Waals surface area contributed by atoms with Crippen LogP contribution in [-0.4, -0.2) is 17.9 Å². The zero-order valence-electron chi connectivity index (χ0n) is 20.2. The molecule has 0 aromatic heterocycles. The van der Waals surface area contributed by atoms with Gasteiger partial charge in [-0.05, 0) is 35.7 Å². The van der Waals surface area contributed by atoms with Crippen LogP contribution in [-0.2, 0) is 9.53 Å². The van der Waals surface area contributed by atoms with Gasteiger partial charge in [-0.15, -0.1) is 0 Å². The molecule has 0 aliphatic carbocycles. The maximum atomic E-state index is 13.5. The number of ketones is 1. The van der Waals surface area contributed by atoms with E-state index in [1.807, 2.05) is 97.9 Å². The highest BCUT2D eigenvalue weighted by Crippen LogP contribution is 2.45. The van der Waals surface area contributed by atoms with Crippen LogP contribution in [0.5, 0.6) is 0 Å². The number of esters is 1. The van der Waals surface area contributed by atoms with Crippen molar-refractivity contribution in [1.29, 1.82) is 0 Å². The summed E-state index contributed by atoms with van der Waals surface area (Å²) in [6, 6.07) is 32.0. The summed E-state index contributed by atoms with van der Waals surface area (Å²) in [5.41, 5.74) is 5.25. The van der Waals surface area contributed by atoms with E-state index < -0.39 is 18.0 Å². The molecule has 37 heavy (non-hydrogen) atoms. The molecule has 1 aliphatic heterocycles. The SMILES string of the molecule is Cc1ccc(C(=O)C[C@@H](c2ccccc2)[C@@H]2OC(=O)C(c3ccccc3)=C2c2ccc(Cl)c(Cl)c2)cc1. The smallest absolute Gasteiger partial charge is 0.339 e. The summed E-state index contributed by atoms with van der Waals surface area (Å²) in [4.78, 5) is 26.9. The fourth-order valence-corrected chi connectivity index (χ4v) is 5.07. The summed E-state index contributed by atoms with van der Waals surface area (Å²) in [6.45, 7) is 1.98. The number of benzene rings is 4. The number of Topliss-reactive ketones (excluding diaryl/α,β-unsaturated/α-hetero) is 1. The number of halogens is 2. The van der Waals surface area contributed by atoms with Crippen LogP contribution < -0.4 is 0 Å². The van der Waals surface area contributed by atoms with E-state index in [9.17, 15) is 9.59 Å². The Hall–Kier alpha value is -3.66. The van der Waals surface area contributed by atoms with E-state index >= 15 is 0 Å². The highest BCUT2D eigenvalue weighted by Gasteiger charge is 2.41. The van der Waals surface area contributed by atoms with Gasteiger partial charge in [0.05, 0.1) is 15.6 Å². The van der Waals surface area contributed by atoms with Gasteiger partial charge in [0.2, 0.25) is 0 Å². The van der Waals surface area contributed by atoms with Gasteiger partial charge in [0, 0.05) is 23.5 Å². The summed E-state index contributed by atoms with van der Waals surface area (Å²) in [5.74, 6) is -0.864. The molecule has 184 valence electrons. The van der Waals surface area contributed by atoms with Crippen LogP contribution in [0.1, 0.15) is 45.0 Å². The Morgan fingerprint density at radius 2 is 1.46 bits per heavy atom. The molecule has 0 radical (unpaired) electrons. The molecule has 4 aromatic carbocycles. The number of aryl methyl sites for hydroxylation is 1. The molecule has 0 amide bonds. The number of carbonyl (C=O) groups is 2. The van der Waals surface area contributed by atoms with Crippen molar-refractivity contribution in [3.8, 4) is 0 Å². The van der Waals surface area contributed by atoms with Gasteiger partial charge in [0.1, 0.15) is 6.10 Å². The molecule has 5 rings (SSSR count). The molecule has 0 saturated heterocycles. The molecule has 0 unspecified atom stereocenters. The summed E-state index contributed by atoms with van der Waals surface area (Å²) in [7, 11) is 0. The first-order valence-corrected chi connectivity index (χ1v) is 12.8. The Balaban J connectivity index is 1.66. The lowest BCUT2D eigenvalue weighted by Gasteiger charge is -2.26. The molecule has 1 aliphatic rings. The third-order valence-corrected chi connectivity index (χ3v) is 7.40. The molecular formula is C32H24Cl2O3. The maximum absolute atomic E-state index is 13.5. The van der Waals surface area contributed by atoms with E-state index in [4.69, 9.17) is 27.9 Å². The predicted molar refractivity (Wildman–Crippen MR) is 149 cm³/mol. The van der Waals surface area contributed by atoms with Crippen LogP contribution in [0.15, 0.2) is 103 Å². The van der Waals surface area contributed by atoms with Crippen LogP contribution in [0.2, 0.25) is 10.0 Å². The van der Waals surface area contributed by atoms with Gasteiger partial charge < -0.3 is 4.74 Å². The molecule has 0 bridgehead atoms. The van der Waals surface area contributed by atoms with Crippen LogP contribution in [0.4, 0.5) is 0 Å². The number of hydrogen-bond donors (Lipinski definition) is 0. The minimum Gasteiger partial charge on any atom is -0.453 e. The third kappa shape index (κ3) is 5.24. The Bertz CT molecular complexity index is 1480. The normalized spacial score (nSPS) is 16.0. The van der Waals surface area contributed by atoms with Gasteiger partial charge in [-0.3, -0.25) is 4.79 Å². The van der Waals surface area contributed by atoms with Gasteiger partial charge in [-0.1, -0.05) is 120 Å². The average molecular weight is 527 g/mol. The van der Waals surface area contributed by atoms with Gasteiger partial charge in [0.15, 0.2) is 5.78 Å². The zero-order chi connectivity index (χ0) is 25.9. The van der Waals surface area contributed by atoms with Crippen molar-refractivity contribution in [3.05, 3.63) is 141 Å². The molecule has 3 nitrogen and oxygen atoms in total. The second-order valence-electron chi connectivity index (χ2n) is 9.12.